The van der Waals surface area contributed by atoms with Gasteiger partial charge in [-0.25, -0.2) is 4.79 Å². The Bertz CT molecular complexity index is 532. The second kappa shape index (κ2) is 5.97. The highest BCUT2D eigenvalue weighted by molar-refractivity contribution is 6.20. The normalized spacial score (nSPS) is 27.2. The first-order valence-corrected chi connectivity index (χ1v) is 7.17. The highest BCUT2D eigenvalue weighted by Crippen LogP contribution is 2.34. The van der Waals surface area contributed by atoms with Crippen molar-refractivity contribution in [1.29, 1.82) is 0 Å². The van der Waals surface area contributed by atoms with Gasteiger partial charge in [0.15, 0.2) is 11.5 Å². The minimum Gasteiger partial charge on any atom is -0.454 e. The van der Waals surface area contributed by atoms with Crippen molar-refractivity contribution in [3.63, 3.8) is 0 Å². The van der Waals surface area contributed by atoms with Gasteiger partial charge >= 0.3 is 6.03 Å². The van der Waals surface area contributed by atoms with E-state index in [1.165, 1.54) is 0 Å². The van der Waals surface area contributed by atoms with Crippen LogP contribution in [-0.4, -0.2) is 30.7 Å². The summed E-state index contributed by atoms with van der Waals surface area (Å²) in [4.78, 5) is 12.0. The molecule has 3 rings (SSSR count). The molecule has 1 aromatic rings. The van der Waals surface area contributed by atoms with Gasteiger partial charge in [0.2, 0.25) is 6.79 Å². The number of carbonyl (C=O) groups is 1. The minimum atomic E-state index is -0.370. The summed E-state index contributed by atoms with van der Waals surface area (Å²) in [5.74, 6) is 1.30. The third-order valence-electron chi connectivity index (χ3n) is 3.27. The molecule has 2 aliphatic rings. The Hall–Kier alpha value is -1.70. The average Bonchev–Trinajstić information content (AvgIpc) is 2.84. The molecule has 8 heteroatoms. The van der Waals surface area contributed by atoms with Gasteiger partial charge in [-0.2, -0.15) is 0 Å². The predicted molar refractivity (Wildman–Crippen MR) is 78.5 cm³/mol. The Morgan fingerprint density at radius 3 is 2.95 bits per heavy atom. The van der Waals surface area contributed by atoms with E-state index in [4.69, 9.17) is 21.1 Å². The first-order chi connectivity index (χ1) is 10.1. The fraction of sp³-hybridized carbons (Fsp3) is 0.462. The van der Waals surface area contributed by atoms with Gasteiger partial charge in [0.1, 0.15) is 6.29 Å². The van der Waals surface area contributed by atoms with Crippen LogP contribution in [0.3, 0.4) is 0 Å². The van der Waals surface area contributed by atoms with Crippen LogP contribution in [0.15, 0.2) is 18.2 Å². The van der Waals surface area contributed by atoms with Crippen LogP contribution < -0.4 is 30.7 Å². The average molecular weight is 313 g/mol. The van der Waals surface area contributed by atoms with Crippen LogP contribution in [0.5, 0.6) is 11.5 Å². The van der Waals surface area contributed by atoms with E-state index in [9.17, 15) is 4.79 Å². The molecule has 2 heterocycles. The Labute approximate surface area is 127 Å². The fourth-order valence-corrected chi connectivity index (χ4v) is 2.71. The number of ether oxygens (including phenoxy) is 2. The van der Waals surface area contributed by atoms with Crippen molar-refractivity contribution in [2.75, 3.05) is 12.1 Å². The lowest BCUT2D eigenvalue weighted by atomic mass is 10.2. The SMILES string of the molecule is CC1CC(Cl)NC(NC(=O)Nc2ccc3c(c2)OCO3)N1. The number of anilines is 1. The van der Waals surface area contributed by atoms with Crippen LogP contribution in [-0.2, 0) is 0 Å². The summed E-state index contributed by atoms with van der Waals surface area (Å²) in [6, 6.07) is 5.12. The standard InChI is InChI=1S/C13H17ClN4O3/c1-7-4-11(14)17-12(15-7)18-13(19)16-8-2-3-9-10(5-8)21-6-20-9/h2-3,5,7,11-12,15,17H,4,6H2,1H3,(H2,16,18,19). The van der Waals surface area contributed by atoms with E-state index in [0.29, 0.717) is 17.2 Å². The summed E-state index contributed by atoms with van der Waals surface area (Å²) in [6.45, 7) is 2.22. The molecule has 2 amide bonds. The van der Waals surface area contributed by atoms with E-state index < -0.39 is 0 Å². The van der Waals surface area contributed by atoms with Crippen molar-refractivity contribution in [2.45, 2.75) is 31.2 Å². The first kappa shape index (κ1) is 14.2. The van der Waals surface area contributed by atoms with Gasteiger partial charge in [-0.05, 0) is 25.5 Å². The maximum absolute atomic E-state index is 12.0. The zero-order chi connectivity index (χ0) is 14.8. The van der Waals surface area contributed by atoms with E-state index in [1.807, 2.05) is 6.92 Å². The Morgan fingerprint density at radius 1 is 1.33 bits per heavy atom. The third kappa shape index (κ3) is 3.49. The second-order valence-corrected chi connectivity index (χ2v) is 5.56. The molecule has 3 atom stereocenters. The summed E-state index contributed by atoms with van der Waals surface area (Å²) >= 11 is 6.06. The number of benzene rings is 1. The molecule has 21 heavy (non-hydrogen) atoms. The zero-order valence-corrected chi connectivity index (χ0v) is 12.2. The highest BCUT2D eigenvalue weighted by atomic mass is 35.5. The maximum Gasteiger partial charge on any atom is 0.321 e. The molecule has 2 aliphatic heterocycles. The smallest absolute Gasteiger partial charge is 0.321 e. The number of halogens is 1. The van der Waals surface area contributed by atoms with Crippen molar-refractivity contribution < 1.29 is 14.3 Å². The number of alkyl halides is 1. The molecule has 0 saturated carbocycles. The molecule has 7 nitrogen and oxygen atoms in total. The lowest BCUT2D eigenvalue weighted by molar-refractivity contribution is 0.174. The molecular weight excluding hydrogens is 296 g/mol. The molecule has 0 radical (unpaired) electrons. The second-order valence-electron chi connectivity index (χ2n) is 5.04. The van der Waals surface area contributed by atoms with Gasteiger partial charge < -0.3 is 20.1 Å². The molecular formula is C13H17ClN4O3. The van der Waals surface area contributed by atoms with Crippen molar-refractivity contribution >= 4 is 23.3 Å². The van der Waals surface area contributed by atoms with Gasteiger partial charge in [0.25, 0.3) is 0 Å². The molecule has 4 N–H and O–H groups in total. The summed E-state index contributed by atoms with van der Waals surface area (Å²) in [5.41, 5.74) is 0.458. The van der Waals surface area contributed by atoms with E-state index in [-0.39, 0.29) is 30.7 Å². The van der Waals surface area contributed by atoms with Crippen molar-refractivity contribution in [1.82, 2.24) is 16.0 Å². The number of hydrogen-bond donors (Lipinski definition) is 4. The van der Waals surface area contributed by atoms with E-state index in [2.05, 4.69) is 21.3 Å². The quantitative estimate of drug-likeness (QED) is 0.489. The first-order valence-electron chi connectivity index (χ1n) is 6.73. The van der Waals surface area contributed by atoms with Gasteiger partial charge in [-0.15, -0.1) is 11.6 Å². The molecule has 0 spiro atoms. The predicted octanol–water partition coefficient (Wildman–Crippen LogP) is 1.36. The van der Waals surface area contributed by atoms with Gasteiger partial charge in [0, 0.05) is 17.8 Å². The number of nitrogens with one attached hydrogen (secondary N) is 4. The highest BCUT2D eigenvalue weighted by Gasteiger charge is 2.24. The third-order valence-corrected chi connectivity index (χ3v) is 3.57. The molecule has 1 saturated heterocycles. The topological polar surface area (TPSA) is 83.7 Å². The maximum atomic E-state index is 12.0. The van der Waals surface area contributed by atoms with E-state index in [0.717, 1.165) is 6.42 Å². The summed E-state index contributed by atoms with van der Waals surface area (Å²) in [5, 5.41) is 11.7. The van der Waals surface area contributed by atoms with Crippen molar-refractivity contribution in [3.8, 4) is 11.5 Å². The van der Waals surface area contributed by atoms with Crippen LogP contribution in [0, 0.1) is 0 Å². The number of hydrogen-bond acceptors (Lipinski definition) is 5. The minimum absolute atomic E-state index is 0.169. The van der Waals surface area contributed by atoms with Gasteiger partial charge in [-0.3, -0.25) is 10.6 Å². The Balaban J connectivity index is 1.56. The Morgan fingerprint density at radius 2 is 2.14 bits per heavy atom. The molecule has 1 fully saturated rings. The Kier molecular flexibility index (Phi) is 4.05. The number of amides is 2. The molecule has 0 aromatic heterocycles. The zero-order valence-electron chi connectivity index (χ0n) is 11.5. The van der Waals surface area contributed by atoms with Gasteiger partial charge in [0.05, 0.1) is 5.50 Å². The molecule has 114 valence electrons. The monoisotopic (exact) mass is 312 g/mol. The molecule has 0 bridgehead atoms. The summed E-state index contributed by atoms with van der Waals surface area (Å²) in [7, 11) is 0. The number of carbonyl (C=O) groups excluding carboxylic acids is 1. The number of rotatable bonds is 2. The lowest BCUT2D eigenvalue weighted by Gasteiger charge is -2.33. The van der Waals surface area contributed by atoms with Crippen LogP contribution in [0.1, 0.15) is 13.3 Å². The van der Waals surface area contributed by atoms with Crippen LogP contribution in [0.2, 0.25) is 0 Å². The van der Waals surface area contributed by atoms with Crippen molar-refractivity contribution in [2.24, 2.45) is 0 Å². The number of fused-ring (bicyclic) bond motifs is 1. The van der Waals surface area contributed by atoms with Crippen LogP contribution in [0.25, 0.3) is 0 Å². The molecule has 1 aromatic carbocycles. The summed E-state index contributed by atoms with van der Waals surface area (Å²) in [6.07, 6.45) is 0.425. The van der Waals surface area contributed by atoms with Crippen LogP contribution in [0.4, 0.5) is 10.5 Å². The van der Waals surface area contributed by atoms with Crippen molar-refractivity contribution in [3.05, 3.63) is 18.2 Å². The van der Waals surface area contributed by atoms with Crippen LogP contribution >= 0.6 is 11.6 Å². The summed E-state index contributed by atoms with van der Waals surface area (Å²) < 4.78 is 10.5. The lowest BCUT2D eigenvalue weighted by Crippen LogP contribution is -2.63. The van der Waals surface area contributed by atoms with E-state index in [1.54, 1.807) is 18.2 Å². The number of urea groups is 1. The van der Waals surface area contributed by atoms with Gasteiger partial charge in [-0.1, -0.05) is 0 Å². The largest absolute Gasteiger partial charge is 0.454 e. The fourth-order valence-electron chi connectivity index (χ4n) is 2.32. The molecule has 3 unspecified atom stereocenters. The van der Waals surface area contributed by atoms with E-state index >= 15 is 0 Å². The molecule has 0 aliphatic carbocycles.